The third-order valence-electron chi connectivity index (χ3n) is 4.42. The van der Waals surface area contributed by atoms with Crippen LogP contribution in [0.4, 0.5) is 0 Å². The number of para-hydroxylation sites is 1. The summed E-state index contributed by atoms with van der Waals surface area (Å²) in [4.78, 5) is 16.0. The van der Waals surface area contributed by atoms with Crippen molar-refractivity contribution in [2.24, 2.45) is 0 Å². The van der Waals surface area contributed by atoms with Crippen molar-refractivity contribution in [3.05, 3.63) is 60.0 Å². The van der Waals surface area contributed by atoms with Gasteiger partial charge in [0, 0.05) is 12.6 Å². The van der Waals surface area contributed by atoms with Crippen LogP contribution in [0.1, 0.15) is 29.0 Å². The first-order valence-electron chi connectivity index (χ1n) is 8.93. The van der Waals surface area contributed by atoms with Gasteiger partial charge in [-0.05, 0) is 38.0 Å². The minimum atomic E-state index is -0.138. The zero-order valence-electron chi connectivity index (χ0n) is 15.0. The molecule has 3 heterocycles. The molecule has 1 fully saturated rings. The fourth-order valence-corrected chi connectivity index (χ4v) is 3.05. The highest BCUT2D eigenvalue weighted by Gasteiger charge is 2.27. The number of carbonyl (C=O) groups excluding carboxylic acids is 1. The fraction of sp³-hybridized carbons (Fsp3) is 0.316. The Morgan fingerprint density at radius 3 is 2.78 bits per heavy atom. The van der Waals surface area contributed by atoms with Gasteiger partial charge in [0.2, 0.25) is 5.88 Å². The third-order valence-corrected chi connectivity index (χ3v) is 4.42. The van der Waals surface area contributed by atoms with E-state index in [4.69, 9.17) is 4.74 Å². The maximum atomic E-state index is 12.8. The molecule has 4 rings (SSSR count). The van der Waals surface area contributed by atoms with Crippen molar-refractivity contribution < 1.29 is 9.53 Å². The topological polar surface area (TPSA) is 86.0 Å². The third kappa shape index (κ3) is 3.94. The summed E-state index contributed by atoms with van der Waals surface area (Å²) in [6.45, 7) is 3.05. The number of hydrogen-bond donors (Lipinski definition) is 0. The second-order valence-corrected chi connectivity index (χ2v) is 6.50. The van der Waals surface area contributed by atoms with Crippen LogP contribution in [0.2, 0.25) is 0 Å². The molecule has 27 heavy (non-hydrogen) atoms. The molecule has 1 amide bonds. The van der Waals surface area contributed by atoms with Crippen molar-refractivity contribution in [3.63, 3.8) is 0 Å². The highest BCUT2D eigenvalue weighted by molar-refractivity contribution is 5.92. The van der Waals surface area contributed by atoms with Crippen molar-refractivity contribution in [1.29, 1.82) is 0 Å². The summed E-state index contributed by atoms with van der Waals surface area (Å²) in [6.07, 6.45) is 3.13. The zero-order chi connectivity index (χ0) is 18.6. The molecule has 1 atom stereocenters. The molecule has 0 saturated carbocycles. The van der Waals surface area contributed by atoms with E-state index in [9.17, 15) is 4.79 Å². The van der Waals surface area contributed by atoms with Gasteiger partial charge < -0.3 is 9.64 Å². The van der Waals surface area contributed by atoms with Gasteiger partial charge in [-0.15, -0.1) is 10.2 Å². The van der Waals surface area contributed by atoms with E-state index >= 15 is 0 Å². The van der Waals surface area contributed by atoms with Crippen molar-refractivity contribution in [3.8, 4) is 11.6 Å². The maximum Gasteiger partial charge on any atom is 0.276 e. The van der Waals surface area contributed by atoms with Crippen LogP contribution in [0, 0.1) is 6.92 Å². The molecule has 138 valence electrons. The van der Waals surface area contributed by atoms with Crippen LogP contribution in [0.3, 0.4) is 0 Å². The molecule has 8 nitrogen and oxygen atoms in total. The lowest BCUT2D eigenvalue weighted by Crippen LogP contribution is -2.44. The van der Waals surface area contributed by atoms with Crippen LogP contribution < -0.4 is 4.74 Å². The molecule has 3 aromatic rings. The number of nitrogens with zero attached hydrogens (tertiary/aromatic N) is 6. The van der Waals surface area contributed by atoms with E-state index in [1.54, 1.807) is 11.0 Å². The zero-order valence-corrected chi connectivity index (χ0v) is 15.0. The smallest absolute Gasteiger partial charge is 0.276 e. The number of ether oxygens (including phenoxy) is 1. The van der Waals surface area contributed by atoms with Crippen LogP contribution in [0.5, 0.6) is 5.88 Å². The Hall–Kier alpha value is -3.29. The number of amides is 1. The van der Waals surface area contributed by atoms with E-state index < -0.39 is 0 Å². The Balaban J connectivity index is 1.43. The van der Waals surface area contributed by atoms with Gasteiger partial charge in [0.1, 0.15) is 6.10 Å². The molecule has 8 heteroatoms. The Morgan fingerprint density at radius 1 is 1.15 bits per heavy atom. The number of piperidine rings is 1. The van der Waals surface area contributed by atoms with Gasteiger partial charge in [0.25, 0.3) is 5.91 Å². The van der Waals surface area contributed by atoms with Crippen molar-refractivity contribution >= 4 is 5.91 Å². The van der Waals surface area contributed by atoms with Gasteiger partial charge in [-0.2, -0.15) is 15.0 Å². The van der Waals surface area contributed by atoms with Gasteiger partial charge in [-0.3, -0.25) is 4.79 Å². The lowest BCUT2D eigenvalue weighted by Gasteiger charge is -2.32. The molecule has 1 aliphatic heterocycles. The molecule has 0 bridgehead atoms. The second-order valence-electron chi connectivity index (χ2n) is 6.50. The first-order chi connectivity index (χ1) is 13.2. The highest BCUT2D eigenvalue weighted by Crippen LogP contribution is 2.18. The van der Waals surface area contributed by atoms with E-state index in [0.717, 1.165) is 24.2 Å². The van der Waals surface area contributed by atoms with Crippen LogP contribution in [0.25, 0.3) is 5.69 Å². The SMILES string of the molecule is Cc1ccc(OC2CCCN(C(=O)c3cnn(-c4ccccc4)n3)C2)nn1. The second kappa shape index (κ2) is 7.53. The number of aryl methyl sites for hydroxylation is 1. The lowest BCUT2D eigenvalue weighted by molar-refractivity contribution is 0.0520. The Bertz CT molecular complexity index is 909. The van der Waals surface area contributed by atoms with Gasteiger partial charge in [-0.1, -0.05) is 18.2 Å². The first-order valence-corrected chi connectivity index (χ1v) is 8.93. The molecular weight excluding hydrogens is 344 g/mol. The largest absolute Gasteiger partial charge is 0.471 e. The molecule has 1 aromatic carbocycles. The summed E-state index contributed by atoms with van der Waals surface area (Å²) in [7, 11) is 0. The minimum Gasteiger partial charge on any atom is -0.471 e. The summed E-state index contributed by atoms with van der Waals surface area (Å²) in [5, 5.41) is 16.6. The molecule has 0 N–H and O–H groups in total. The van der Waals surface area contributed by atoms with Crippen molar-refractivity contribution in [2.75, 3.05) is 13.1 Å². The van der Waals surface area contributed by atoms with Gasteiger partial charge in [-0.25, -0.2) is 0 Å². The van der Waals surface area contributed by atoms with Gasteiger partial charge in [0.05, 0.1) is 24.1 Å². The number of hydrogen-bond acceptors (Lipinski definition) is 6. The van der Waals surface area contributed by atoms with Crippen molar-refractivity contribution in [1.82, 2.24) is 30.1 Å². The van der Waals surface area contributed by atoms with Crippen LogP contribution in [-0.4, -0.2) is 55.2 Å². The molecular formula is C19H20N6O2. The summed E-state index contributed by atoms with van der Waals surface area (Å²) in [5.74, 6) is 0.343. The fourth-order valence-electron chi connectivity index (χ4n) is 3.05. The average molecular weight is 364 g/mol. The molecule has 0 spiro atoms. The molecule has 1 aliphatic rings. The van der Waals surface area contributed by atoms with Crippen LogP contribution in [0.15, 0.2) is 48.7 Å². The predicted molar refractivity (Wildman–Crippen MR) is 97.7 cm³/mol. The van der Waals surface area contributed by atoms with Crippen molar-refractivity contribution in [2.45, 2.75) is 25.9 Å². The normalized spacial score (nSPS) is 16.9. The van der Waals surface area contributed by atoms with E-state index in [1.807, 2.05) is 43.3 Å². The monoisotopic (exact) mass is 364 g/mol. The number of aromatic nitrogens is 5. The van der Waals surface area contributed by atoms with Crippen LogP contribution >= 0.6 is 0 Å². The number of likely N-dealkylation sites (tertiary alicyclic amines) is 1. The molecule has 2 aromatic heterocycles. The number of rotatable bonds is 4. The minimum absolute atomic E-state index is 0.108. The molecule has 1 saturated heterocycles. The summed E-state index contributed by atoms with van der Waals surface area (Å²) >= 11 is 0. The Kier molecular flexibility index (Phi) is 4.78. The summed E-state index contributed by atoms with van der Waals surface area (Å²) in [5.41, 5.74) is 1.98. The van der Waals surface area contributed by atoms with E-state index in [1.165, 1.54) is 11.0 Å². The van der Waals surface area contributed by atoms with E-state index in [2.05, 4.69) is 20.4 Å². The predicted octanol–water partition coefficient (Wildman–Crippen LogP) is 2.05. The standard InChI is InChI=1S/C19H20N6O2/c1-14-9-10-18(22-21-14)27-16-8-5-11-24(13-16)19(26)17-12-20-25(23-17)15-6-3-2-4-7-15/h2-4,6-7,9-10,12,16H,5,8,11,13H2,1H3. The number of benzene rings is 1. The highest BCUT2D eigenvalue weighted by atomic mass is 16.5. The molecule has 0 radical (unpaired) electrons. The summed E-state index contributed by atoms with van der Waals surface area (Å²) < 4.78 is 5.89. The van der Waals surface area contributed by atoms with Gasteiger partial charge >= 0.3 is 0 Å². The molecule has 0 aliphatic carbocycles. The van der Waals surface area contributed by atoms with E-state index in [-0.39, 0.29) is 12.0 Å². The van der Waals surface area contributed by atoms with Crippen LogP contribution in [-0.2, 0) is 0 Å². The number of carbonyl (C=O) groups is 1. The quantitative estimate of drug-likeness (QED) is 0.704. The van der Waals surface area contributed by atoms with Gasteiger partial charge in [0.15, 0.2) is 5.69 Å². The first kappa shape index (κ1) is 17.1. The Labute approximate surface area is 156 Å². The lowest BCUT2D eigenvalue weighted by atomic mass is 10.1. The van der Waals surface area contributed by atoms with E-state index in [0.29, 0.717) is 24.7 Å². The average Bonchev–Trinajstić information content (AvgIpc) is 3.20. The Morgan fingerprint density at radius 2 is 2.00 bits per heavy atom. The summed E-state index contributed by atoms with van der Waals surface area (Å²) in [6, 6.07) is 13.2. The molecule has 1 unspecified atom stereocenters. The maximum absolute atomic E-state index is 12.8.